The van der Waals surface area contributed by atoms with Gasteiger partial charge in [-0.15, -0.1) is 0 Å². The van der Waals surface area contributed by atoms with Gasteiger partial charge >= 0.3 is 5.97 Å². The minimum absolute atomic E-state index is 0.0104. The van der Waals surface area contributed by atoms with Gasteiger partial charge in [-0.25, -0.2) is 17.8 Å². The van der Waals surface area contributed by atoms with Crippen LogP contribution >= 0.6 is 0 Å². The number of benzene rings is 3. The number of anilines is 2. The quantitative estimate of drug-likeness (QED) is 0.213. The molecular formula is C33H35FN4O7S. The maximum Gasteiger partial charge on any atom is 0.309 e. The molecule has 0 aliphatic carbocycles. The zero-order chi connectivity index (χ0) is 33.3. The number of carboxylic acid groups (broad SMARTS) is 1. The highest BCUT2D eigenvalue weighted by atomic mass is 32.2. The Morgan fingerprint density at radius 3 is 2.43 bits per heavy atom. The van der Waals surface area contributed by atoms with Crippen LogP contribution in [0.25, 0.3) is 10.8 Å². The highest BCUT2D eigenvalue weighted by molar-refractivity contribution is 7.92. The second kappa shape index (κ2) is 12.8. The first-order chi connectivity index (χ1) is 21.9. The van der Waals surface area contributed by atoms with E-state index in [9.17, 15) is 23.1 Å². The molecule has 13 heteroatoms. The molecule has 4 aromatic rings. The normalized spacial score (nSPS) is 17.2. The molecule has 3 atom stereocenters. The standard InChI is InChI=1S/C33H35FN4O7S/c1-18(2)46(42,43)28-8-6-5-7-22(28)30-23(33(40)41)12-14-38(30)32(39)29(24-16-26(44-3)27(45-4)17-25(24)34)37-20-9-10-21-19(15-20)11-13-36-31(21)35/h5-11,13,15-18,23,29-30,37H,12,14H2,1-4H3,(H2,35,36)(H,40,41)/t23-,29+,30-/m0/s1. The van der Waals surface area contributed by atoms with Gasteiger partial charge in [0.05, 0.1) is 36.3 Å². The number of nitrogen functional groups attached to an aromatic ring is 1. The number of carbonyl (C=O) groups is 2. The van der Waals surface area contributed by atoms with Crippen molar-refractivity contribution in [3.05, 3.63) is 83.8 Å². The molecule has 1 saturated heterocycles. The van der Waals surface area contributed by atoms with Crippen molar-refractivity contribution in [1.29, 1.82) is 0 Å². The third-order valence-corrected chi connectivity index (χ3v) is 10.6. The van der Waals surface area contributed by atoms with Crippen LogP contribution in [0.15, 0.2) is 71.8 Å². The fourth-order valence-corrected chi connectivity index (χ4v) is 7.20. The van der Waals surface area contributed by atoms with Crippen LogP contribution in [0.5, 0.6) is 11.5 Å². The Hall–Kier alpha value is -4.91. The molecule has 11 nitrogen and oxygen atoms in total. The van der Waals surface area contributed by atoms with Crippen LogP contribution in [-0.2, 0) is 19.4 Å². The monoisotopic (exact) mass is 650 g/mol. The molecule has 0 spiro atoms. The number of nitrogens with two attached hydrogens (primary N) is 1. The van der Waals surface area contributed by atoms with Crippen LogP contribution < -0.4 is 20.5 Å². The van der Waals surface area contributed by atoms with Crippen LogP contribution in [0.2, 0.25) is 0 Å². The molecule has 1 amide bonds. The van der Waals surface area contributed by atoms with Crippen molar-refractivity contribution in [1.82, 2.24) is 9.88 Å². The number of nitrogens with zero attached hydrogens (tertiary/aromatic N) is 2. The van der Waals surface area contributed by atoms with Crippen molar-refractivity contribution < 1.29 is 37.0 Å². The number of pyridine rings is 1. The summed E-state index contributed by atoms with van der Waals surface area (Å²) >= 11 is 0. The number of sulfone groups is 1. The molecule has 0 radical (unpaired) electrons. The lowest BCUT2D eigenvalue weighted by atomic mass is 9.93. The molecule has 1 fully saturated rings. The van der Waals surface area contributed by atoms with Gasteiger partial charge in [0.1, 0.15) is 17.7 Å². The summed E-state index contributed by atoms with van der Waals surface area (Å²) in [5.41, 5.74) is 6.57. The Morgan fingerprint density at radius 2 is 1.76 bits per heavy atom. The number of hydrogen-bond acceptors (Lipinski definition) is 9. The number of carboxylic acids is 1. The first-order valence-corrected chi connectivity index (χ1v) is 16.1. The van der Waals surface area contributed by atoms with Crippen LogP contribution in [0.4, 0.5) is 15.9 Å². The van der Waals surface area contributed by atoms with Gasteiger partial charge in [-0.2, -0.15) is 0 Å². The average molecular weight is 651 g/mol. The van der Waals surface area contributed by atoms with Gasteiger partial charge in [-0.1, -0.05) is 18.2 Å². The Morgan fingerprint density at radius 1 is 1.07 bits per heavy atom. The predicted molar refractivity (Wildman–Crippen MR) is 171 cm³/mol. The molecule has 0 bridgehead atoms. The number of hydrogen-bond donors (Lipinski definition) is 3. The fraction of sp³-hybridized carbons (Fsp3) is 0.303. The van der Waals surface area contributed by atoms with Crippen LogP contribution in [-0.4, -0.2) is 61.3 Å². The summed E-state index contributed by atoms with van der Waals surface area (Å²) in [5.74, 6) is -3.12. The number of carbonyl (C=O) groups excluding carboxylic acids is 1. The van der Waals surface area contributed by atoms with E-state index in [1.165, 1.54) is 51.2 Å². The van der Waals surface area contributed by atoms with E-state index in [4.69, 9.17) is 15.2 Å². The van der Waals surface area contributed by atoms with E-state index in [1.54, 1.807) is 42.6 Å². The topological polar surface area (TPSA) is 161 Å². The van der Waals surface area contributed by atoms with Crippen molar-refractivity contribution >= 4 is 44.0 Å². The molecule has 4 N–H and O–H groups in total. The predicted octanol–water partition coefficient (Wildman–Crippen LogP) is 4.98. The summed E-state index contributed by atoms with van der Waals surface area (Å²) in [5, 5.41) is 14.0. The number of aromatic nitrogens is 1. The van der Waals surface area contributed by atoms with Crippen molar-refractivity contribution in [2.24, 2.45) is 5.92 Å². The number of halogens is 1. The van der Waals surface area contributed by atoms with Crippen LogP contribution in [0, 0.1) is 11.7 Å². The Kier molecular flexibility index (Phi) is 9.06. The number of nitrogens with one attached hydrogen (secondary N) is 1. The summed E-state index contributed by atoms with van der Waals surface area (Å²) in [6, 6.07) is 12.9. The van der Waals surface area contributed by atoms with E-state index in [1.807, 2.05) is 0 Å². The minimum atomic E-state index is -3.86. The highest BCUT2D eigenvalue weighted by Crippen LogP contribution is 2.43. The van der Waals surface area contributed by atoms with E-state index < -0.39 is 50.8 Å². The number of likely N-dealkylation sites (tertiary alicyclic amines) is 1. The Bertz CT molecular complexity index is 1920. The second-order valence-corrected chi connectivity index (χ2v) is 13.8. The maximum absolute atomic E-state index is 15.8. The lowest BCUT2D eigenvalue weighted by Gasteiger charge is -2.33. The number of methoxy groups -OCH3 is 2. The highest BCUT2D eigenvalue weighted by Gasteiger charge is 2.46. The van der Waals surface area contributed by atoms with E-state index in [0.717, 1.165) is 6.07 Å². The summed E-state index contributed by atoms with van der Waals surface area (Å²) in [4.78, 5) is 32.6. The molecule has 1 aliphatic rings. The van der Waals surface area contributed by atoms with Crippen molar-refractivity contribution in [2.45, 2.75) is 42.5 Å². The number of aliphatic carboxylic acids is 1. The lowest BCUT2D eigenvalue weighted by molar-refractivity contribution is -0.143. The molecular weight excluding hydrogens is 615 g/mol. The molecule has 0 saturated carbocycles. The third-order valence-electron chi connectivity index (χ3n) is 8.33. The van der Waals surface area contributed by atoms with Crippen molar-refractivity contribution in [3.63, 3.8) is 0 Å². The zero-order valence-electron chi connectivity index (χ0n) is 25.7. The van der Waals surface area contributed by atoms with Gasteiger partial charge in [0.25, 0.3) is 0 Å². The second-order valence-electron chi connectivity index (χ2n) is 11.3. The molecule has 5 rings (SSSR count). The summed E-state index contributed by atoms with van der Waals surface area (Å²) in [6.07, 6.45) is 1.60. The van der Waals surface area contributed by atoms with E-state index in [0.29, 0.717) is 22.3 Å². The van der Waals surface area contributed by atoms with Gasteiger partial charge in [0.15, 0.2) is 21.3 Å². The average Bonchev–Trinajstić information content (AvgIpc) is 3.49. The largest absolute Gasteiger partial charge is 0.493 e. The van der Waals surface area contributed by atoms with Gasteiger partial charge in [0, 0.05) is 35.4 Å². The van der Waals surface area contributed by atoms with Crippen molar-refractivity contribution in [3.8, 4) is 11.5 Å². The fourth-order valence-electron chi connectivity index (χ4n) is 5.91. The molecule has 1 aliphatic heterocycles. The number of ether oxygens (including phenoxy) is 2. The molecule has 3 aromatic carbocycles. The Labute approximate surface area is 266 Å². The number of rotatable bonds is 10. The van der Waals surface area contributed by atoms with E-state index >= 15 is 4.39 Å². The van der Waals surface area contributed by atoms with Crippen LogP contribution in [0.3, 0.4) is 0 Å². The first-order valence-electron chi connectivity index (χ1n) is 14.6. The minimum Gasteiger partial charge on any atom is -0.493 e. The molecule has 242 valence electrons. The van der Waals surface area contributed by atoms with E-state index in [-0.39, 0.29) is 40.5 Å². The van der Waals surface area contributed by atoms with Crippen LogP contribution in [0.1, 0.15) is 43.5 Å². The van der Waals surface area contributed by atoms with Gasteiger partial charge in [-0.3, -0.25) is 9.59 Å². The summed E-state index contributed by atoms with van der Waals surface area (Å²) < 4.78 is 53.3. The smallest absolute Gasteiger partial charge is 0.309 e. The molecule has 1 aromatic heterocycles. The number of amides is 1. The molecule has 2 heterocycles. The van der Waals surface area contributed by atoms with Gasteiger partial charge in [0.2, 0.25) is 5.91 Å². The lowest BCUT2D eigenvalue weighted by Crippen LogP contribution is -2.40. The maximum atomic E-state index is 15.8. The third kappa shape index (κ3) is 5.89. The first kappa shape index (κ1) is 32.5. The summed E-state index contributed by atoms with van der Waals surface area (Å²) in [7, 11) is -1.13. The van der Waals surface area contributed by atoms with Gasteiger partial charge < -0.3 is 30.5 Å². The zero-order valence-corrected chi connectivity index (χ0v) is 26.5. The molecule has 46 heavy (non-hydrogen) atoms. The van der Waals surface area contributed by atoms with E-state index in [2.05, 4.69) is 10.3 Å². The van der Waals surface area contributed by atoms with Gasteiger partial charge in [-0.05, 0) is 67.6 Å². The van der Waals surface area contributed by atoms with Crippen molar-refractivity contribution in [2.75, 3.05) is 31.8 Å². The SMILES string of the molecule is COc1cc(F)c([C@@H](Nc2ccc3c(N)nccc3c2)C(=O)N2CC[C@H](C(=O)O)[C@@H]2c2ccccc2S(=O)(=O)C(C)C)cc1OC. The molecule has 0 unspecified atom stereocenters. The summed E-state index contributed by atoms with van der Waals surface area (Å²) in [6.45, 7) is 3.06. The Balaban J connectivity index is 1.66. The number of fused-ring (bicyclic) bond motifs is 1.